The number of aliphatic hydroxyl groups excluding tert-OH is 1. The molecule has 1 aromatic rings. The predicted octanol–water partition coefficient (Wildman–Crippen LogP) is 2.20. The van der Waals surface area contributed by atoms with E-state index in [-0.39, 0.29) is 12.6 Å². The van der Waals surface area contributed by atoms with E-state index in [0.717, 1.165) is 17.1 Å². The maximum atomic E-state index is 9.28. The molecule has 0 aromatic heterocycles. The Morgan fingerprint density at radius 1 is 1.26 bits per heavy atom. The van der Waals surface area contributed by atoms with Crippen LogP contribution < -0.4 is 14.8 Å². The van der Waals surface area contributed by atoms with E-state index in [4.69, 9.17) is 9.47 Å². The minimum Gasteiger partial charge on any atom is -0.493 e. The van der Waals surface area contributed by atoms with E-state index < -0.39 is 0 Å². The molecule has 2 N–H and O–H groups in total. The number of nitrogens with one attached hydrogen (secondary N) is 1. The smallest absolute Gasteiger partial charge is 0.161 e. The lowest BCUT2D eigenvalue weighted by molar-refractivity contribution is 0.210. The molecule has 19 heavy (non-hydrogen) atoms. The summed E-state index contributed by atoms with van der Waals surface area (Å²) >= 11 is 0. The highest BCUT2D eigenvalue weighted by Gasteiger charge is 2.12. The zero-order valence-electron chi connectivity index (χ0n) is 12.3. The van der Waals surface area contributed by atoms with Gasteiger partial charge in [0.1, 0.15) is 0 Å². The molecule has 1 atom stereocenters. The summed E-state index contributed by atoms with van der Waals surface area (Å²) < 4.78 is 10.8. The normalized spacial score (nSPS) is 12.5. The van der Waals surface area contributed by atoms with Gasteiger partial charge in [-0.2, -0.15) is 0 Å². The summed E-state index contributed by atoms with van der Waals surface area (Å²) in [5.41, 5.74) is 1.11. The highest BCUT2D eigenvalue weighted by molar-refractivity contribution is 5.42. The minimum atomic E-state index is 0.109. The lowest BCUT2D eigenvalue weighted by Crippen LogP contribution is -2.36. The Morgan fingerprint density at radius 2 is 2.00 bits per heavy atom. The Kier molecular flexibility index (Phi) is 6.67. The van der Waals surface area contributed by atoms with Crippen LogP contribution in [-0.2, 0) is 6.54 Å². The van der Waals surface area contributed by atoms with E-state index in [9.17, 15) is 5.11 Å². The molecule has 0 heterocycles. The van der Waals surface area contributed by atoms with Gasteiger partial charge in [0.05, 0.1) is 20.3 Å². The fourth-order valence-electron chi connectivity index (χ4n) is 1.86. The average Bonchev–Trinajstić information content (AvgIpc) is 2.40. The van der Waals surface area contributed by atoms with Crippen molar-refractivity contribution in [2.75, 3.05) is 20.3 Å². The first-order chi connectivity index (χ1) is 9.12. The van der Waals surface area contributed by atoms with Crippen LogP contribution in [0.2, 0.25) is 0 Å². The Labute approximate surface area is 115 Å². The van der Waals surface area contributed by atoms with E-state index in [1.165, 1.54) is 0 Å². The lowest BCUT2D eigenvalue weighted by atomic mass is 10.0. The van der Waals surface area contributed by atoms with E-state index in [0.29, 0.717) is 19.1 Å². The second-order valence-corrected chi connectivity index (χ2v) is 4.83. The quantitative estimate of drug-likeness (QED) is 0.758. The zero-order valence-corrected chi connectivity index (χ0v) is 12.3. The van der Waals surface area contributed by atoms with Crippen molar-refractivity contribution in [3.05, 3.63) is 23.8 Å². The van der Waals surface area contributed by atoms with Gasteiger partial charge in [-0.3, -0.25) is 0 Å². The van der Waals surface area contributed by atoms with Crippen LogP contribution in [0.1, 0.15) is 26.3 Å². The predicted molar refractivity (Wildman–Crippen MR) is 76.7 cm³/mol. The molecule has 0 radical (unpaired) electrons. The second-order valence-electron chi connectivity index (χ2n) is 4.83. The highest BCUT2D eigenvalue weighted by atomic mass is 16.5. The third-order valence-corrected chi connectivity index (χ3v) is 3.10. The van der Waals surface area contributed by atoms with E-state index in [1.807, 2.05) is 25.1 Å². The molecule has 0 fully saturated rings. The first-order valence-corrected chi connectivity index (χ1v) is 6.76. The first kappa shape index (κ1) is 15.8. The Balaban J connectivity index is 2.69. The number of rotatable bonds is 8. The summed E-state index contributed by atoms with van der Waals surface area (Å²) in [5.74, 6) is 1.90. The van der Waals surface area contributed by atoms with Gasteiger partial charge >= 0.3 is 0 Å². The maximum absolute atomic E-state index is 9.28. The topological polar surface area (TPSA) is 50.7 Å². The molecule has 4 nitrogen and oxygen atoms in total. The SMILES string of the molecule is CCOc1ccc(CNC(CO)C(C)C)cc1OC. The largest absolute Gasteiger partial charge is 0.493 e. The number of methoxy groups -OCH3 is 1. The van der Waals surface area contributed by atoms with Gasteiger partial charge in [-0.1, -0.05) is 19.9 Å². The number of aliphatic hydroxyl groups is 1. The van der Waals surface area contributed by atoms with Crippen LogP contribution in [0.25, 0.3) is 0 Å². The van der Waals surface area contributed by atoms with Crippen molar-refractivity contribution in [2.45, 2.75) is 33.4 Å². The summed E-state index contributed by atoms with van der Waals surface area (Å²) in [5, 5.41) is 12.6. The van der Waals surface area contributed by atoms with Gasteiger partial charge in [0.25, 0.3) is 0 Å². The molecule has 1 rings (SSSR count). The molecule has 0 amide bonds. The third-order valence-electron chi connectivity index (χ3n) is 3.10. The molecule has 0 aliphatic heterocycles. The third kappa shape index (κ3) is 4.73. The van der Waals surface area contributed by atoms with Crippen molar-refractivity contribution in [1.82, 2.24) is 5.32 Å². The molecular formula is C15H25NO3. The van der Waals surface area contributed by atoms with Gasteiger partial charge in [-0.05, 0) is 30.5 Å². The number of ether oxygens (including phenoxy) is 2. The highest BCUT2D eigenvalue weighted by Crippen LogP contribution is 2.28. The van der Waals surface area contributed by atoms with Crippen LogP contribution in [0.15, 0.2) is 18.2 Å². The van der Waals surface area contributed by atoms with Gasteiger partial charge < -0.3 is 19.9 Å². The summed E-state index contributed by atoms with van der Waals surface area (Å²) in [6, 6.07) is 6.00. The molecule has 4 heteroatoms. The molecule has 1 aromatic carbocycles. The first-order valence-electron chi connectivity index (χ1n) is 6.76. The van der Waals surface area contributed by atoms with Crippen molar-refractivity contribution in [3.8, 4) is 11.5 Å². The van der Waals surface area contributed by atoms with Crippen LogP contribution in [0.5, 0.6) is 11.5 Å². The molecule has 0 bridgehead atoms. The molecule has 0 saturated heterocycles. The molecule has 0 aliphatic rings. The fourth-order valence-corrected chi connectivity index (χ4v) is 1.86. The number of hydrogen-bond acceptors (Lipinski definition) is 4. The molecule has 108 valence electrons. The second kappa shape index (κ2) is 8.02. The van der Waals surface area contributed by atoms with Crippen LogP contribution in [0.3, 0.4) is 0 Å². The zero-order chi connectivity index (χ0) is 14.3. The Morgan fingerprint density at radius 3 is 2.53 bits per heavy atom. The maximum Gasteiger partial charge on any atom is 0.161 e. The van der Waals surface area contributed by atoms with Gasteiger partial charge in [0, 0.05) is 12.6 Å². The van der Waals surface area contributed by atoms with E-state index in [1.54, 1.807) is 7.11 Å². The molecule has 0 aliphatic carbocycles. The van der Waals surface area contributed by atoms with Crippen LogP contribution >= 0.6 is 0 Å². The van der Waals surface area contributed by atoms with E-state index in [2.05, 4.69) is 19.2 Å². The van der Waals surface area contributed by atoms with Gasteiger partial charge in [0.15, 0.2) is 11.5 Å². The summed E-state index contributed by atoms with van der Waals surface area (Å²) in [4.78, 5) is 0. The molecule has 0 saturated carbocycles. The Hall–Kier alpha value is -1.26. The van der Waals surface area contributed by atoms with Crippen LogP contribution in [0.4, 0.5) is 0 Å². The fraction of sp³-hybridized carbons (Fsp3) is 0.600. The van der Waals surface area contributed by atoms with Gasteiger partial charge in [0.2, 0.25) is 0 Å². The molecule has 0 spiro atoms. The van der Waals surface area contributed by atoms with Crippen molar-refractivity contribution >= 4 is 0 Å². The Bertz CT molecular complexity index is 380. The summed E-state index contributed by atoms with van der Waals surface area (Å²) in [6.45, 7) is 7.59. The van der Waals surface area contributed by atoms with Crippen molar-refractivity contribution in [2.24, 2.45) is 5.92 Å². The van der Waals surface area contributed by atoms with E-state index >= 15 is 0 Å². The summed E-state index contributed by atoms with van der Waals surface area (Å²) in [7, 11) is 1.64. The van der Waals surface area contributed by atoms with Gasteiger partial charge in [-0.25, -0.2) is 0 Å². The van der Waals surface area contributed by atoms with Crippen molar-refractivity contribution in [3.63, 3.8) is 0 Å². The van der Waals surface area contributed by atoms with Crippen LogP contribution in [-0.4, -0.2) is 31.5 Å². The monoisotopic (exact) mass is 267 g/mol. The summed E-state index contributed by atoms with van der Waals surface area (Å²) in [6.07, 6.45) is 0. The number of benzene rings is 1. The number of hydrogen-bond donors (Lipinski definition) is 2. The van der Waals surface area contributed by atoms with Crippen molar-refractivity contribution in [1.29, 1.82) is 0 Å². The minimum absolute atomic E-state index is 0.109. The van der Waals surface area contributed by atoms with Gasteiger partial charge in [-0.15, -0.1) is 0 Å². The molecule has 1 unspecified atom stereocenters. The van der Waals surface area contributed by atoms with Crippen LogP contribution in [0, 0.1) is 5.92 Å². The lowest BCUT2D eigenvalue weighted by Gasteiger charge is -2.20. The average molecular weight is 267 g/mol. The van der Waals surface area contributed by atoms with Crippen molar-refractivity contribution < 1.29 is 14.6 Å². The standard InChI is InChI=1S/C15H25NO3/c1-5-19-14-7-6-12(8-15(14)18-4)9-16-13(10-17)11(2)3/h6-8,11,13,16-17H,5,9-10H2,1-4H3. The molecular weight excluding hydrogens is 242 g/mol.